The number of hydrogen-bond donors (Lipinski definition) is 2. The molecule has 0 spiro atoms. The molecule has 1 heterocycles. The topological polar surface area (TPSA) is 84.2 Å². The van der Waals surface area contributed by atoms with E-state index in [2.05, 4.69) is 10.3 Å². The summed E-state index contributed by atoms with van der Waals surface area (Å²) in [7, 11) is 1.77. The number of aryl methyl sites for hydroxylation is 1. The minimum atomic E-state index is -0.839. The molecular weight excluding hydrogens is 210 g/mol. The second-order valence-electron chi connectivity index (χ2n) is 4.19. The first-order valence-corrected chi connectivity index (χ1v) is 5.03. The van der Waals surface area contributed by atoms with Crippen molar-refractivity contribution in [1.82, 2.24) is 14.9 Å². The van der Waals surface area contributed by atoms with E-state index < -0.39 is 11.4 Å². The standard InChI is InChI=1S/C10H13N3O3/c1-13-4-7(12-6-13)8(14)11-5-10(2-3-10)9(15)16/h4,6H,2-3,5H2,1H3,(H,11,14)(H,15,16). The van der Waals surface area contributed by atoms with Gasteiger partial charge in [-0.3, -0.25) is 9.59 Å². The molecule has 1 fully saturated rings. The number of carboxylic acid groups (broad SMARTS) is 1. The molecule has 6 heteroatoms. The maximum atomic E-state index is 11.6. The van der Waals surface area contributed by atoms with Gasteiger partial charge in [0.05, 0.1) is 11.7 Å². The predicted molar refractivity (Wildman–Crippen MR) is 54.8 cm³/mol. The van der Waals surface area contributed by atoms with Crippen molar-refractivity contribution in [3.63, 3.8) is 0 Å². The van der Waals surface area contributed by atoms with Crippen molar-refractivity contribution in [3.8, 4) is 0 Å². The van der Waals surface area contributed by atoms with Crippen LogP contribution in [0.1, 0.15) is 23.3 Å². The summed E-state index contributed by atoms with van der Waals surface area (Å²) in [5.74, 6) is -1.16. The van der Waals surface area contributed by atoms with Gasteiger partial charge < -0.3 is 15.0 Å². The van der Waals surface area contributed by atoms with Crippen LogP contribution >= 0.6 is 0 Å². The second-order valence-corrected chi connectivity index (χ2v) is 4.19. The van der Waals surface area contributed by atoms with E-state index in [0.29, 0.717) is 18.5 Å². The fraction of sp³-hybridized carbons (Fsp3) is 0.500. The second kappa shape index (κ2) is 3.62. The average molecular weight is 223 g/mol. The van der Waals surface area contributed by atoms with E-state index in [0.717, 1.165) is 0 Å². The molecule has 0 atom stereocenters. The van der Waals surface area contributed by atoms with Crippen LogP contribution in [0.4, 0.5) is 0 Å². The Bertz CT molecular complexity index is 434. The van der Waals surface area contributed by atoms with Gasteiger partial charge in [0.25, 0.3) is 5.91 Å². The smallest absolute Gasteiger partial charge is 0.311 e. The number of amides is 1. The number of nitrogens with one attached hydrogen (secondary N) is 1. The van der Waals surface area contributed by atoms with Gasteiger partial charge in [-0.05, 0) is 12.8 Å². The van der Waals surface area contributed by atoms with Crippen molar-refractivity contribution in [1.29, 1.82) is 0 Å². The number of carboxylic acids is 1. The van der Waals surface area contributed by atoms with E-state index in [-0.39, 0.29) is 12.5 Å². The van der Waals surface area contributed by atoms with Gasteiger partial charge in [0.1, 0.15) is 5.69 Å². The van der Waals surface area contributed by atoms with Crippen LogP contribution in [0.3, 0.4) is 0 Å². The minimum absolute atomic E-state index is 0.178. The average Bonchev–Trinajstić information content (AvgIpc) is 2.92. The first-order chi connectivity index (χ1) is 7.53. The largest absolute Gasteiger partial charge is 0.481 e. The molecule has 1 amide bonds. The molecule has 6 nitrogen and oxygen atoms in total. The molecule has 0 radical (unpaired) electrons. The highest BCUT2D eigenvalue weighted by atomic mass is 16.4. The van der Waals surface area contributed by atoms with Crippen LogP contribution in [-0.4, -0.2) is 33.1 Å². The van der Waals surface area contributed by atoms with Crippen LogP contribution in [0.2, 0.25) is 0 Å². The van der Waals surface area contributed by atoms with Crippen molar-refractivity contribution >= 4 is 11.9 Å². The van der Waals surface area contributed by atoms with Crippen LogP contribution < -0.4 is 5.32 Å². The number of carbonyl (C=O) groups excluding carboxylic acids is 1. The third kappa shape index (κ3) is 1.91. The zero-order valence-corrected chi connectivity index (χ0v) is 8.93. The SMILES string of the molecule is Cn1cnc(C(=O)NCC2(C(=O)O)CC2)c1. The highest BCUT2D eigenvalue weighted by molar-refractivity contribution is 5.92. The van der Waals surface area contributed by atoms with E-state index >= 15 is 0 Å². The maximum Gasteiger partial charge on any atom is 0.311 e. The van der Waals surface area contributed by atoms with Crippen LogP contribution in [0.25, 0.3) is 0 Å². The molecule has 0 aromatic carbocycles. The number of aromatic nitrogens is 2. The van der Waals surface area contributed by atoms with E-state index in [4.69, 9.17) is 5.11 Å². The molecule has 2 rings (SSSR count). The maximum absolute atomic E-state index is 11.6. The first-order valence-electron chi connectivity index (χ1n) is 5.03. The van der Waals surface area contributed by atoms with Crippen molar-refractivity contribution in [2.24, 2.45) is 12.5 Å². The molecule has 1 aromatic heterocycles. The van der Waals surface area contributed by atoms with Gasteiger partial charge in [0, 0.05) is 19.8 Å². The third-order valence-corrected chi connectivity index (χ3v) is 2.83. The summed E-state index contributed by atoms with van der Waals surface area (Å²) >= 11 is 0. The quantitative estimate of drug-likeness (QED) is 0.753. The Morgan fingerprint density at radius 1 is 1.62 bits per heavy atom. The fourth-order valence-electron chi connectivity index (χ4n) is 1.49. The summed E-state index contributed by atoms with van der Waals surface area (Å²) in [5, 5.41) is 11.5. The van der Waals surface area contributed by atoms with Gasteiger partial charge >= 0.3 is 5.97 Å². The minimum Gasteiger partial charge on any atom is -0.481 e. The Labute approximate surface area is 92.3 Å². The predicted octanol–water partition coefficient (Wildman–Crippen LogP) is 0.0147. The molecule has 86 valence electrons. The molecule has 2 N–H and O–H groups in total. The molecular formula is C10H13N3O3. The summed E-state index contributed by atoms with van der Waals surface area (Å²) in [6.45, 7) is 0.178. The highest BCUT2D eigenvalue weighted by Crippen LogP contribution is 2.45. The Balaban J connectivity index is 1.92. The van der Waals surface area contributed by atoms with E-state index in [1.807, 2.05) is 0 Å². The molecule has 0 bridgehead atoms. The van der Waals surface area contributed by atoms with E-state index in [1.54, 1.807) is 17.8 Å². The van der Waals surface area contributed by atoms with Crippen LogP contribution in [0, 0.1) is 5.41 Å². The number of carbonyl (C=O) groups is 2. The molecule has 1 aromatic rings. The summed E-state index contributed by atoms with van der Waals surface area (Å²) in [4.78, 5) is 26.3. The Morgan fingerprint density at radius 2 is 2.31 bits per heavy atom. The van der Waals surface area contributed by atoms with Crippen LogP contribution in [0.5, 0.6) is 0 Å². The molecule has 16 heavy (non-hydrogen) atoms. The Kier molecular flexibility index (Phi) is 2.41. The normalized spacial score (nSPS) is 16.8. The lowest BCUT2D eigenvalue weighted by molar-refractivity contribution is -0.143. The number of rotatable bonds is 4. The molecule has 0 unspecified atom stereocenters. The van der Waals surface area contributed by atoms with Gasteiger partial charge in [-0.1, -0.05) is 0 Å². The number of nitrogens with zero attached hydrogens (tertiary/aromatic N) is 2. The Hall–Kier alpha value is -1.85. The highest BCUT2D eigenvalue weighted by Gasteiger charge is 2.50. The molecule has 1 aliphatic carbocycles. The van der Waals surface area contributed by atoms with Crippen molar-refractivity contribution in [3.05, 3.63) is 18.2 Å². The lowest BCUT2D eigenvalue weighted by Gasteiger charge is -2.09. The van der Waals surface area contributed by atoms with Crippen molar-refractivity contribution in [2.45, 2.75) is 12.8 Å². The number of aliphatic carboxylic acids is 1. The van der Waals surface area contributed by atoms with Gasteiger partial charge in [0.2, 0.25) is 0 Å². The van der Waals surface area contributed by atoms with Crippen molar-refractivity contribution < 1.29 is 14.7 Å². The summed E-state index contributed by atoms with van der Waals surface area (Å²) in [6.07, 6.45) is 4.38. The summed E-state index contributed by atoms with van der Waals surface area (Å²) in [6, 6.07) is 0. The Morgan fingerprint density at radius 3 is 2.75 bits per heavy atom. The van der Waals surface area contributed by atoms with Gasteiger partial charge in [-0.15, -0.1) is 0 Å². The zero-order valence-electron chi connectivity index (χ0n) is 8.93. The fourth-order valence-corrected chi connectivity index (χ4v) is 1.49. The summed E-state index contributed by atoms with van der Waals surface area (Å²) in [5.41, 5.74) is -0.423. The van der Waals surface area contributed by atoms with Gasteiger partial charge in [-0.2, -0.15) is 0 Å². The first kappa shape index (κ1) is 10.7. The van der Waals surface area contributed by atoms with Gasteiger partial charge in [0.15, 0.2) is 0 Å². The lowest BCUT2D eigenvalue weighted by atomic mass is 10.1. The van der Waals surface area contributed by atoms with E-state index in [1.165, 1.54) is 6.33 Å². The zero-order chi connectivity index (χ0) is 11.8. The third-order valence-electron chi connectivity index (χ3n) is 2.83. The molecule has 0 saturated heterocycles. The molecule has 0 aliphatic heterocycles. The van der Waals surface area contributed by atoms with Crippen molar-refractivity contribution in [2.75, 3.05) is 6.54 Å². The lowest BCUT2D eigenvalue weighted by Crippen LogP contribution is -2.34. The molecule has 1 aliphatic rings. The van der Waals surface area contributed by atoms with Crippen LogP contribution in [-0.2, 0) is 11.8 Å². The molecule has 1 saturated carbocycles. The van der Waals surface area contributed by atoms with Crippen LogP contribution in [0.15, 0.2) is 12.5 Å². The van der Waals surface area contributed by atoms with Gasteiger partial charge in [-0.25, -0.2) is 4.98 Å². The number of hydrogen-bond acceptors (Lipinski definition) is 3. The summed E-state index contributed by atoms with van der Waals surface area (Å²) < 4.78 is 1.67. The number of imidazole rings is 1. The van der Waals surface area contributed by atoms with E-state index in [9.17, 15) is 9.59 Å². The monoisotopic (exact) mass is 223 g/mol.